The van der Waals surface area contributed by atoms with E-state index >= 15 is 0 Å². The van der Waals surface area contributed by atoms with Crippen molar-refractivity contribution in [2.24, 2.45) is 34.5 Å². The Morgan fingerprint density at radius 3 is 2.40 bits per heavy atom. The summed E-state index contributed by atoms with van der Waals surface area (Å²) < 4.78 is 0. The van der Waals surface area contributed by atoms with Gasteiger partial charge in [0.2, 0.25) is 0 Å². The molecular weight excluding hydrogens is 404 g/mol. The van der Waals surface area contributed by atoms with E-state index in [4.69, 9.17) is 5.11 Å². The number of rotatable bonds is 3. The van der Waals surface area contributed by atoms with Crippen molar-refractivity contribution in [3.8, 4) is 0 Å². The first kappa shape index (κ1) is 24.2. The monoisotopic (exact) mass is 442 g/mol. The fourth-order valence-corrected chi connectivity index (χ4v) is 7.64. The molecule has 4 aliphatic rings. The van der Waals surface area contributed by atoms with Crippen LogP contribution in [-0.4, -0.2) is 62.7 Å². The van der Waals surface area contributed by atoms with Gasteiger partial charge in [0.15, 0.2) is 5.78 Å². The molecule has 4 N–H and O–H groups in total. The van der Waals surface area contributed by atoms with Crippen LogP contribution in [0, 0.1) is 34.5 Å². The molecule has 0 radical (unpaired) electrons. The number of hydrogen-bond donors (Lipinski definition) is 5. The normalized spacial score (nSPS) is 47.4. The lowest BCUT2D eigenvalue weighted by molar-refractivity contribution is -0.180. The van der Waals surface area contributed by atoms with Gasteiger partial charge in [0.25, 0.3) is 0 Å². The van der Waals surface area contributed by atoms with Crippen LogP contribution in [0.25, 0.3) is 0 Å². The Bertz CT molecular complexity index is 668. The average Bonchev–Trinajstić information content (AvgIpc) is 2.99. The van der Waals surface area contributed by atoms with Gasteiger partial charge < -0.3 is 20.4 Å². The van der Waals surface area contributed by atoms with Gasteiger partial charge in [0.05, 0.1) is 12.7 Å². The van der Waals surface area contributed by atoms with E-state index in [1.165, 1.54) is 0 Å². The number of carbonyl (C=O) groups excluding carboxylic acids is 2. The summed E-state index contributed by atoms with van der Waals surface area (Å²) in [7, 11) is 0. The fourth-order valence-electron chi connectivity index (χ4n) is 7.64. The largest absolute Gasteiger partial charge is 0.396 e. The molecule has 4 aliphatic carbocycles. The summed E-state index contributed by atoms with van der Waals surface area (Å²) in [6.07, 6.45) is 5.47. The minimum atomic E-state index is -1.58. The van der Waals surface area contributed by atoms with E-state index in [1.54, 1.807) is 0 Å². The van der Waals surface area contributed by atoms with Crippen molar-refractivity contribution in [3.63, 3.8) is 0 Å². The maximum Gasteiger partial charge on any atom is 0.190 e. The van der Waals surface area contributed by atoms with E-state index in [0.717, 1.165) is 38.5 Å². The maximum atomic E-state index is 13.4. The van der Waals surface area contributed by atoms with Crippen LogP contribution in [0.2, 0.25) is 0 Å². The van der Waals surface area contributed by atoms with Crippen molar-refractivity contribution < 1.29 is 30.0 Å². The van der Waals surface area contributed by atoms with Crippen LogP contribution in [0.15, 0.2) is 0 Å². The molecule has 0 unspecified atom stereocenters. The van der Waals surface area contributed by atoms with Gasteiger partial charge >= 0.3 is 0 Å². The smallest absolute Gasteiger partial charge is 0.190 e. The highest BCUT2D eigenvalue weighted by Gasteiger charge is 2.68. The van der Waals surface area contributed by atoms with Crippen molar-refractivity contribution in [1.82, 2.24) is 0 Å². The molecule has 0 aromatic heterocycles. The summed E-state index contributed by atoms with van der Waals surface area (Å²) in [5.74, 6) is 0.949. The van der Waals surface area contributed by atoms with Crippen LogP contribution in [-0.2, 0) is 9.59 Å². The Hall–Kier alpha value is -0.470. The molecule has 8 atom stereocenters. The Morgan fingerprint density at radius 2 is 1.80 bits per heavy atom. The summed E-state index contributed by atoms with van der Waals surface area (Å²) in [5.41, 5.74) is -2.40. The van der Waals surface area contributed by atoms with E-state index in [1.807, 2.05) is 6.92 Å². The quantitative estimate of drug-likeness (QED) is 0.426. The molecule has 0 aromatic carbocycles. The van der Waals surface area contributed by atoms with Crippen molar-refractivity contribution in [3.05, 3.63) is 0 Å². The lowest BCUT2D eigenvalue weighted by Gasteiger charge is -2.60. The highest BCUT2D eigenvalue weighted by atomic mass is 32.1. The molecule has 0 bridgehead atoms. The number of carbonyl (C=O) groups is 2. The molecule has 0 aromatic rings. The van der Waals surface area contributed by atoms with Crippen LogP contribution >= 0.6 is 12.6 Å². The van der Waals surface area contributed by atoms with Crippen LogP contribution in [0.5, 0.6) is 0 Å². The summed E-state index contributed by atoms with van der Waals surface area (Å²) in [5, 5.41) is 38.4. The third-order valence-electron chi connectivity index (χ3n) is 9.18. The van der Waals surface area contributed by atoms with E-state index < -0.39 is 23.4 Å². The van der Waals surface area contributed by atoms with Gasteiger partial charge in [-0.05, 0) is 68.1 Å². The van der Waals surface area contributed by atoms with Gasteiger partial charge in [-0.1, -0.05) is 13.8 Å². The first-order valence-electron chi connectivity index (χ1n) is 11.4. The number of aliphatic hydroxyl groups excluding tert-OH is 3. The molecular formula is C23H38O6S. The van der Waals surface area contributed by atoms with Gasteiger partial charge in [-0.25, -0.2) is 0 Å². The van der Waals surface area contributed by atoms with Gasteiger partial charge in [-0.3, -0.25) is 9.59 Å². The second kappa shape index (κ2) is 8.81. The summed E-state index contributed by atoms with van der Waals surface area (Å²) >= 11 is 3.67. The van der Waals surface area contributed by atoms with Crippen molar-refractivity contribution >= 4 is 24.2 Å². The van der Waals surface area contributed by atoms with E-state index in [0.29, 0.717) is 18.1 Å². The minimum absolute atomic E-state index is 0.0154. The maximum absolute atomic E-state index is 13.4. The zero-order chi connectivity index (χ0) is 22.3. The number of hydrogen-bond acceptors (Lipinski definition) is 7. The molecule has 0 heterocycles. The van der Waals surface area contributed by atoms with Gasteiger partial charge in [-0.2, -0.15) is 12.6 Å². The second-order valence-corrected chi connectivity index (χ2v) is 10.9. The Kier molecular flexibility index (Phi) is 7.10. The molecule has 0 aliphatic heterocycles. The lowest BCUT2D eigenvalue weighted by atomic mass is 9.44. The summed E-state index contributed by atoms with van der Waals surface area (Å²) in [4.78, 5) is 25.7. The predicted molar refractivity (Wildman–Crippen MR) is 116 cm³/mol. The molecule has 0 spiro atoms. The number of aliphatic hydroxyl groups is 4. The highest BCUT2D eigenvalue weighted by molar-refractivity contribution is 7.80. The van der Waals surface area contributed by atoms with Crippen LogP contribution < -0.4 is 0 Å². The van der Waals surface area contributed by atoms with Crippen LogP contribution in [0.4, 0.5) is 0 Å². The second-order valence-electron chi connectivity index (χ2n) is 10.4. The number of thiol groups is 1. The first-order chi connectivity index (χ1) is 14.1. The zero-order valence-corrected chi connectivity index (χ0v) is 19.1. The minimum Gasteiger partial charge on any atom is -0.396 e. The Morgan fingerprint density at radius 1 is 1.13 bits per heavy atom. The number of fused-ring (bicyclic) bond motifs is 5. The van der Waals surface area contributed by atoms with E-state index in [-0.39, 0.29) is 48.1 Å². The van der Waals surface area contributed by atoms with Crippen molar-refractivity contribution in [2.45, 2.75) is 76.9 Å². The number of Topliss-reactive ketones (excluding diaryl/α,β-unsaturated/α-hetero) is 2. The molecule has 7 heteroatoms. The third kappa shape index (κ3) is 3.58. The Labute approximate surface area is 184 Å². The van der Waals surface area contributed by atoms with E-state index in [9.17, 15) is 24.9 Å². The number of ketones is 2. The summed E-state index contributed by atoms with van der Waals surface area (Å²) in [6.45, 7) is 3.65. The lowest BCUT2D eigenvalue weighted by Crippen LogP contribution is -2.62. The molecule has 0 amide bonds. The molecule has 4 saturated carbocycles. The molecule has 4 rings (SSSR count). The molecule has 172 valence electrons. The standard InChI is InChI=1S/C21H32O5.C2H6OS/c1-19-7-5-13(23)9-12(19)3-4-14-15-6-8-21(26,17(25)11-22)20(15,2)10-16(24)18(14)19;3-1-2-4/h12-15,18,22-23,26H,3-11H2,1-2H3;3-4H,1-2H2/t12-,13-,14+,15+,18-,19+,20+,21+;/m1./s1. The topological polar surface area (TPSA) is 115 Å². The Balaban J connectivity index is 0.000000589. The SMILES string of the molecule is C[C@]12CC[C@@H](O)C[C@H]1CC[C@@H]1[C@@H]2C(=O)C[C@@]2(C)[C@H]1CC[C@]2(O)C(=O)CO.OCCS. The van der Waals surface area contributed by atoms with Gasteiger partial charge in [0.1, 0.15) is 18.0 Å². The predicted octanol–water partition coefficient (Wildman–Crippen LogP) is 1.77. The molecule has 30 heavy (non-hydrogen) atoms. The fraction of sp³-hybridized carbons (Fsp3) is 0.913. The van der Waals surface area contributed by atoms with E-state index in [2.05, 4.69) is 19.6 Å². The van der Waals surface area contributed by atoms with Crippen molar-refractivity contribution in [2.75, 3.05) is 19.0 Å². The van der Waals surface area contributed by atoms with Crippen LogP contribution in [0.1, 0.15) is 65.2 Å². The third-order valence-corrected chi connectivity index (χ3v) is 9.38. The highest BCUT2D eigenvalue weighted by Crippen LogP contribution is 2.67. The van der Waals surface area contributed by atoms with Crippen LogP contribution in [0.3, 0.4) is 0 Å². The molecule has 4 fully saturated rings. The zero-order valence-electron chi connectivity index (χ0n) is 18.2. The molecule has 0 saturated heterocycles. The first-order valence-corrected chi connectivity index (χ1v) is 12.0. The molecule has 6 nitrogen and oxygen atoms in total. The van der Waals surface area contributed by atoms with Gasteiger partial charge in [0, 0.05) is 23.5 Å². The average molecular weight is 443 g/mol. The van der Waals surface area contributed by atoms with Crippen molar-refractivity contribution in [1.29, 1.82) is 0 Å². The van der Waals surface area contributed by atoms with Gasteiger partial charge in [-0.15, -0.1) is 0 Å². The summed E-state index contributed by atoms with van der Waals surface area (Å²) in [6, 6.07) is 0.